The maximum Gasteiger partial charge on any atom is 0.245 e. The lowest BCUT2D eigenvalue weighted by Gasteiger charge is -2.34. The molecule has 0 saturated carbocycles. The zero-order valence-electron chi connectivity index (χ0n) is 11.7. The van der Waals surface area contributed by atoms with Gasteiger partial charge in [-0.1, -0.05) is 13.8 Å². The largest absolute Gasteiger partial charge is 0.398 e. The van der Waals surface area contributed by atoms with Gasteiger partial charge in [0.2, 0.25) is 10.0 Å². The normalized spacial score (nSPS) is 24.2. The third-order valence-corrected chi connectivity index (χ3v) is 5.99. The number of hydrogen-bond acceptors (Lipinski definition) is 4. The molecular formula is C14H19N3O2S. The Kier molecular flexibility index (Phi) is 4.02. The van der Waals surface area contributed by atoms with Crippen LogP contribution in [0.4, 0.5) is 5.69 Å². The highest BCUT2D eigenvalue weighted by Gasteiger charge is 2.32. The van der Waals surface area contributed by atoms with E-state index in [-0.39, 0.29) is 10.6 Å². The third kappa shape index (κ3) is 2.65. The van der Waals surface area contributed by atoms with Crippen molar-refractivity contribution in [1.29, 1.82) is 5.26 Å². The van der Waals surface area contributed by atoms with Crippen molar-refractivity contribution in [2.75, 3.05) is 18.8 Å². The Bertz CT molecular complexity index is 649. The van der Waals surface area contributed by atoms with Gasteiger partial charge in [-0.15, -0.1) is 0 Å². The Morgan fingerprint density at radius 2 is 2.05 bits per heavy atom. The van der Waals surface area contributed by atoms with E-state index < -0.39 is 10.0 Å². The van der Waals surface area contributed by atoms with Gasteiger partial charge >= 0.3 is 0 Å². The molecule has 2 atom stereocenters. The van der Waals surface area contributed by atoms with E-state index in [1.54, 1.807) is 0 Å². The number of anilines is 1. The minimum Gasteiger partial charge on any atom is -0.398 e. The molecule has 0 aromatic heterocycles. The molecule has 5 nitrogen and oxygen atoms in total. The number of nitrogens with two attached hydrogens (primary N) is 1. The molecule has 1 aromatic rings. The molecule has 6 heteroatoms. The summed E-state index contributed by atoms with van der Waals surface area (Å²) in [6.07, 6.45) is 0.858. The average Bonchev–Trinajstić information content (AvgIpc) is 2.41. The first-order chi connectivity index (χ1) is 9.36. The van der Waals surface area contributed by atoms with Gasteiger partial charge in [-0.05, 0) is 36.5 Å². The van der Waals surface area contributed by atoms with Gasteiger partial charge in [-0.2, -0.15) is 9.57 Å². The minimum absolute atomic E-state index is 0.0956. The number of benzene rings is 1. The van der Waals surface area contributed by atoms with Crippen LogP contribution in [0.25, 0.3) is 0 Å². The van der Waals surface area contributed by atoms with Gasteiger partial charge in [0.15, 0.2) is 0 Å². The van der Waals surface area contributed by atoms with Crippen molar-refractivity contribution in [2.45, 2.75) is 25.2 Å². The van der Waals surface area contributed by atoms with E-state index in [1.165, 1.54) is 22.5 Å². The highest BCUT2D eigenvalue weighted by atomic mass is 32.2. The fourth-order valence-electron chi connectivity index (χ4n) is 2.43. The van der Waals surface area contributed by atoms with Crippen molar-refractivity contribution in [3.8, 4) is 6.07 Å². The molecule has 1 saturated heterocycles. The molecule has 1 aromatic carbocycles. The van der Waals surface area contributed by atoms with Crippen molar-refractivity contribution in [3.63, 3.8) is 0 Å². The SMILES string of the molecule is CC1CCN(S(=O)(=O)c2ccc(C#N)cc2N)CC1C. The molecule has 1 aliphatic heterocycles. The molecule has 108 valence electrons. The summed E-state index contributed by atoms with van der Waals surface area (Å²) in [4.78, 5) is 0.0956. The van der Waals surface area contributed by atoms with E-state index in [4.69, 9.17) is 11.0 Å². The number of hydrogen-bond donors (Lipinski definition) is 1. The molecule has 2 unspecified atom stereocenters. The van der Waals surface area contributed by atoms with E-state index in [0.717, 1.165) is 6.42 Å². The second-order valence-corrected chi connectivity index (χ2v) is 7.38. The summed E-state index contributed by atoms with van der Waals surface area (Å²) in [5.41, 5.74) is 6.29. The van der Waals surface area contributed by atoms with E-state index in [2.05, 4.69) is 13.8 Å². The number of sulfonamides is 1. The van der Waals surface area contributed by atoms with E-state index in [9.17, 15) is 8.42 Å². The van der Waals surface area contributed by atoms with Crippen molar-refractivity contribution in [3.05, 3.63) is 23.8 Å². The predicted octanol–water partition coefficient (Wildman–Crippen LogP) is 1.81. The summed E-state index contributed by atoms with van der Waals surface area (Å²) in [5, 5.41) is 8.80. The number of rotatable bonds is 2. The second kappa shape index (κ2) is 5.43. The Morgan fingerprint density at radius 3 is 2.60 bits per heavy atom. The molecule has 1 heterocycles. The highest BCUT2D eigenvalue weighted by molar-refractivity contribution is 7.89. The van der Waals surface area contributed by atoms with Gasteiger partial charge < -0.3 is 5.73 Å². The first-order valence-corrected chi connectivity index (χ1v) is 8.10. The lowest BCUT2D eigenvalue weighted by Crippen LogP contribution is -2.42. The smallest absolute Gasteiger partial charge is 0.245 e. The lowest BCUT2D eigenvalue weighted by molar-refractivity contribution is 0.212. The van der Waals surface area contributed by atoms with Crippen LogP contribution in [0.5, 0.6) is 0 Å². The topological polar surface area (TPSA) is 87.2 Å². The van der Waals surface area contributed by atoms with Crippen LogP contribution < -0.4 is 5.73 Å². The standard InChI is InChI=1S/C14H19N3O2S/c1-10-5-6-17(9-11(10)2)20(18,19)14-4-3-12(8-15)7-13(14)16/h3-4,7,10-11H,5-6,9,16H2,1-2H3. The van der Waals surface area contributed by atoms with Crippen LogP contribution in [0.1, 0.15) is 25.8 Å². The monoisotopic (exact) mass is 293 g/mol. The summed E-state index contributed by atoms with van der Waals surface area (Å²) < 4.78 is 26.7. The van der Waals surface area contributed by atoms with Gasteiger partial charge in [0.1, 0.15) is 4.90 Å². The van der Waals surface area contributed by atoms with E-state index in [1.807, 2.05) is 6.07 Å². The Balaban J connectivity index is 2.34. The fourth-order valence-corrected chi connectivity index (χ4v) is 4.09. The molecule has 0 radical (unpaired) electrons. The summed E-state index contributed by atoms with van der Waals surface area (Å²) >= 11 is 0. The molecule has 2 rings (SSSR count). The Labute approximate surface area is 120 Å². The molecule has 20 heavy (non-hydrogen) atoms. The van der Waals surface area contributed by atoms with Crippen LogP contribution in [0.3, 0.4) is 0 Å². The maximum absolute atomic E-state index is 12.6. The molecular weight excluding hydrogens is 274 g/mol. The van der Waals surface area contributed by atoms with Crippen LogP contribution in [0, 0.1) is 23.2 Å². The summed E-state index contributed by atoms with van der Waals surface area (Å²) in [6, 6.07) is 6.26. The zero-order valence-corrected chi connectivity index (χ0v) is 12.5. The van der Waals surface area contributed by atoms with Crippen LogP contribution in [-0.2, 0) is 10.0 Å². The third-order valence-electron chi connectivity index (χ3n) is 4.05. The van der Waals surface area contributed by atoms with Gasteiger partial charge in [0.05, 0.1) is 17.3 Å². The molecule has 0 spiro atoms. The van der Waals surface area contributed by atoms with Gasteiger partial charge in [0.25, 0.3) is 0 Å². The van der Waals surface area contributed by atoms with Crippen LogP contribution in [0.15, 0.2) is 23.1 Å². The number of nitriles is 1. The Hall–Kier alpha value is -1.58. The molecule has 1 aliphatic rings. The van der Waals surface area contributed by atoms with Crippen molar-refractivity contribution in [1.82, 2.24) is 4.31 Å². The van der Waals surface area contributed by atoms with Crippen molar-refractivity contribution in [2.24, 2.45) is 11.8 Å². The second-order valence-electron chi connectivity index (χ2n) is 5.47. The van der Waals surface area contributed by atoms with E-state index >= 15 is 0 Å². The molecule has 2 N–H and O–H groups in total. The summed E-state index contributed by atoms with van der Waals surface area (Å²) in [6.45, 7) is 5.25. The zero-order chi connectivity index (χ0) is 14.9. The lowest BCUT2D eigenvalue weighted by atomic mass is 9.90. The minimum atomic E-state index is -3.58. The molecule has 0 bridgehead atoms. The average molecular weight is 293 g/mol. The molecule has 1 fully saturated rings. The van der Waals surface area contributed by atoms with Crippen LogP contribution in [-0.4, -0.2) is 25.8 Å². The highest BCUT2D eigenvalue weighted by Crippen LogP contribution is 2.29. The van der Waals surface area contributed by atoms with Crippen molar-refractivity contribution < 1.29 is 8.42 Å². The van der Waals surface area contributed by atoms with Crippen LogP contribution >= 0.6 is 0 Å². The molecule has 0 aliphatic carbocycles. The van der Waals surface area contributed by atoms with Crippen molar-refractivity contribution >= 4 is 15.7 Å². The van der Waals surface area contributed by atoms with Gasteiger partial charge in [-0.25, -0.2) is 8.42 Å². The Morgan fingerprint density at radius 1 is 1.35 bits per heavy atom. The first kappa shape index (κ1) is 14.8. The van der Waals surface area contributed by atoms with Gasteiger partial charge in [0, 0.05) is 13.1 Å². The number of nitrogens with zero attached hydrogens (tertiary/aromatic N) is 2. The summed E-state index contributed by atoms with van der Waals surface area (Å²) in [7, 11) is -3.58. The van der Waals surface area contributed by atoms with E-state index in [0.29, 0.717) is 30.5 Å². The summed E-state index contributed by atoms with van der Waals surface area (Å²) in [5.74, 6) is 0.859. The quantitative estimate of drug-likeness (QED) is 0.842. The molecule has 0 amide bonds. The first-order valence-electron chi connectivity index (χ1n) is 6.66. The van der Waals surface area contributed by atoms with Gasteiger partial charge in [-0.3, -0.25) is 0 Å². The fraction of sp³-hybridized carbons (Fsp3) is 0.500. The number of nitrogen functional groups attached to an aromatic ring is 1. The number of piperidine rings is 1. The maximum atomic E-state index is 12.6. The predicted molar refractivity (Wildman–Crippen MR) is 77.3 cm³/mol. The van der Waals surface area contributed by atoms with Crippen LogP contribution in [0.2, 0.25) is 0 Å².